The Morgan fingerprint density at radius 2 is 2.25 bits per heavy atom. The fourth-order valence-electron chi connectivity index (χ4n) is 1.72. The maximum atomic E-state index is 10.6. The first-order valence-electron chi connectivity index (χ1n) is 4.99. The van der Waals surface area contributed by atoms with Crippen LogP contribution in [0.15, 0.2) is 30.1 Å². The molecule has 0 amide bonds. The Bertz CT molecular complexity index is 582. The first kappa shape index (κ1) is 10.4. The molecule has 0 aliphatic rings. The highest BCUT2D eigenvalue weighted by Gasteiger charge is 2.07. The fourth-order valence-corrected chi connectivity index (χ4v) is 1.72. The van der Waals surface area contributed by atoms with Gasteiger partial charge in [-0.25, -0.2) is 0 Å². The van der Waals surface area contributed by atoms with E-state index in [0.717, 1.165) is 22.0 Å². The molecule has 0 atom stereocenters. The molecular formula is C12H12N2O2. The largest absolute Gasteiger partial charge is 0.360 e. The van der Waals surface area contributed by atoms with E-state index in [4.69, 9.17) is 0 Å². The molecule has 82 valence electrons. The highest BCUT2D eigenvalue weighted by Crippen LogP contribution is 2.23. The van der Waals surface area contributed by atoms with Crippen molar-refractivity contribution < 1.29 is 4.92 Å². The summed E-state index contributed by atoms with van der Waals surface area (Å²) >= 11 is 0. The minimum Gasteiger partial charge on any atom is -0.360 e. The van der Waals surface area contributed by atoms with Crippen LogP contribution in [0.4, 0.5) is 0 Å². The average Bonchev–Trinajstić information content (AvgIpc) is 2.63. The summed E-state index contributed by atoms with van der Waals surface area (Å²) < 4.78 is 0. The number of hydrogen-bond donors (Lipinski definition) is 1. The summed E-state index contributed by atoms with van der Waals surface area (Å²) in [6.07, 6.45) is 3.38. The number of para-hydroxylation sites is 1. The lowest BCUT2D eigenvalue weighted by Gasteiger charge is -1.95. The lowest BCUT2D eigenvalue weighted by Crippen LogP contribution is -1.92. The molecule has 1 N–H and O–H groups in total. The van der Waals surface area contributed by atoms with Crippen LogP contribution < -0.4 is 0 Å². The van der Waals surface area contributed by atoms with E-state index >= 15 is 0 Å². The second-order valence-electron chi connectivity index (χ2n) is 3.78. The Labute approximate surface area is 92.7 Å². The minimum absolute atomic E-state index is 0.141. The molecule has 0 saturated heterocycles. The van der Waals surface area contributed by atoms with Gasteiger partial charge in [-0.05, 0) is 12.5 Å². The van der Waals surface area contributed by atoms with Crippen LogP contribution in [0.5, 0.6) is 0 Å². The van der Waals surface area contributed by atoms with Crippen molar-refractivity contribution in [3.63, 3.8) is 0 Å². The van der Waals surface area contributed by atoms with Gasteiger partial charge in [0.25, 0.3) is 0 Å². The van der Waals surface area contributed by atoms with Crippen LogP contribution in [0.2, 0.25) is 0 Å². The molecule has 4 nitrogen and oxygen atoms in total. The zero-order valence-electron chi connectivity index (χ0n) is 9.15. The number of aromatic amines is 1. The Balaban J connectivity index is 2.59. The molecule has 2 aromatic rings. The van der Waals surface area contributed by atoms with Gasteiger partial charge in [0.05, 0.1) is 4.92 Å². The van der Waals surface area contributed by atoms with Gasteiger partial charge in [0.1, 0.15) is 0 Å². The van der Waals surface area contributed by atoms with Crippen molar-refractivity contribution in [2.24, 2.45) is 0 Å². The molecule has 0 aliphatic heterocycles. The van der Waals surface area contributed by atoms with E-state index in [-0.39, 0.29) is 10.6 Å². The number of aryl methyl sites for hydroxylation is 1. The zero-order chi connectivity index (χ0) is 11.7. The van der Waals surface area contributed by atoms with Gasteiger partial charge in [0.15, 0.2) is 0 Å². The van der Waals surface area contributed by atoms with E-state index in [1.165, 1.54) is 6.92 Å². The summed E-state index contributed by atoms with van der Waals surface area (Å²) in [6, 6.07) is 5.91. The van der Waals surface area contributed by atoms with Gasteiger partial charge in [-0.3, -0.25) is 10.1 Å². The van der Waals surface area contributed by atoms with E-state index < -0.39 is 0 Å². The van der Waals surface area contributed by atoms with Gasteiger partial charge in [-0.15, -0.1) is 0 Å². The van der Waals surface area contributed by atoms with Crippen molar-refractivity contribution in [1.82, 2.24) is 4.98 Å². The second kappa shape index (κ2) is 3.81. The van der Waals surface area contributed by atoms with Crippen LogP contribution in [-0.2, 0) is 0 Å². The normalized spacial score (nSPS) is 12.0. The molecule has 0 fully saturated rings. The lowest BCUT2D eigenvalue weighted by molar-refractivity contribution is -0.422. The van der Waals surface area contributed by atoms with Crippen LogP contribution in [0.1, 0.15) is 18.1 Å². The number of nitro groups is 1. The summed E-state index contributed by atoms with van der Waals surface area (Å²) in [5.74, 6) is 0. The van der Waals surface area contributed by atoms with Crippen LogP contribution in [-0.4, -0.2) is 9.91 Å². The molecule has 4 heteroatoms. The number of fused-ring (bicyclic) bond motifs is 1. The number of H-pyrrole nitrogens is 1. The van der Waals surface area contributed by atoms with Gasteiger partial charge in [0, 0.05) is 35.7 Å². The van der Waals surface area contributed by atoms with Crippen molar-refractivity contribution in [3.05, 3.63) is 51.3 Å². The molecule has 1 heterocycles. The smallest absolute Gasteiger partial charge is 0.243 e. The van der Waals surface area contributed by atoms with Crippen LogP contribution in [0.25, 0.3) is 17.0 Å². The first-order chi connectivity index (χ1) is 7.59. The van der Waals surface area contributed by atoms with Crippen molar-refractivity contribution in [1.29, 1.82) is 0 Å². The maximum absolute atomic E-state index is 10.6. The number of nitrogens with zero attached hydrogens (tertiary/aromatic N) is 1. The van der Waals surface area contributed by atoms with Gasteiger partial charge in [-0.1, -0.05) is 18.2 Å². The minimum atomic E-state index is -0.380. The van der Waals surface area contributed by atoms with Crippen LogP contribution in [0, 0.1) is 17.0 Å². The monoisotopic (exact) mass is 216 g/mol. The Morgan fingerprint density at radius 1 is 1.50 bits per heavy atom. The third-order valence-electron chi connectivity index (χ3n) is 2.61. The van der Waals surface area contributed by atoms with Crippen LogP contribution >= 0.6 is 0 Å². The van der Waals surface area contributed by atoms with E-state index in [1.807, 2.05) is 25.1 Å². The van der Waals surface area contributed by atoms with Gasteiger partial charge in [-0.2, -0.15) is 0 Å². The van der Waals surface area contributed by atoms with E-state index in [9.17, 15) is 10.1 Å². The van der Waals surface area contributed by atoms with Crippen LogP contribution in [0.3, 0.4) is 0 Å². The highest BCUT2D eigenvalue weighted by molar-refractivity contribution is 5.90. The second-order valence-corrected chi connectivity index (χ2v) is 3.78. The zero-order valence-corrected chi connectivity index (χ0v) is 9.15. The topological polar surface area (TPSA) is 58.9 Å². The summed E-state index contributed by atoms with van der Waals surface area (Å²) in [5.41, 5.74) is 3.16. The molecule has 0 spiro atoms. The first-order valence-corrected chi connectivity index (χ1v) is 4.99. The predicted octanol–water partition coefficient (Wildman–Crippen LogP) is 3.11. The summed E-state index contributed by atoms with van der Waals surface area (Å²) in [5, 5.41) is 11.6. The quantitative estimate of drug-likeness (QED) is 0.619. The van der Waals surface area contributed by atoms with Crippen molar-refractivity contribution >= 4 is 17.0 Å². The predicted molar refractivity (Wildman–Crippen MR) is 63.7 cm³/mol. The van der Waals surface area contributed by atoms with Gasteiger partial charge >= 0.3 is 0 Å². The molecular weight excluding hydrogens is 204 g/mol. The van der Waals surface area contributed by atoms with E-state index in [1.54, 1.807) is 12.3 Å². The number of hydrogen-bond acceptors (Lipinski definition) is 2. The SMILES string of the molecule is CC(=Cc1c[nH]c2c(C)cccc12)[N+](=O)[O-]. The Hall–Kier alpha value is -2.10. The number of rotatable bonds is 2. The standard InChI is InChI=1S/C12H12N2O2/c1-8-4-3-5-11-10(7-13-12(8)11)6-9(2)14(15)16/h3-7,13H,1-2H3. The number of allylic oxidation sites excluding steroid dienone is 1. The summed E-state index contributed by atoms with van der Waals surface area (Å²) in [7, 11) is 0. The third kappa shape index (κ3) is 1.69. The molecule has 0 aliphatic carbocycles. The van der Waals surface area contributed by atoms with E-state index in [2.05, 4.69) is 4.98 Å². The van der Waals surface area contributed by atoms with E-state index in [0.29, 0.717) is 0 Å². The molecule has 0 radical (unpaired) electrons. The number of benzene rings is 1. The molecule has 2 rings (SSSR count). The molecule has 0 saturated carbocycles. The highest BCUT2D eigenvalue weighted by atomic mass is 16.6. The van der Waals surface area contributed by atoms with Gasteiger partial charge < -0.3 is 4.98 Å². The third-order valence-corrected chi connectivity index (χ3v) is 2.61. The maximum Gasteiger partial charge on any atom is 0.243 e. The Morgan fingerprint density at radius 3 is 2.94 bits per heavy atom. The fraction of sp³-hybridized carbons (Fsp3) is 0.167. The lowest BCUT2D eigenvalue weighted by atomic mass is 10.1. The number of aromatic nitrogens is 1. The molecule has 1 aromatic heterocycles. The Kier molecular flexibility index (Phi) is 2.48. The molecule has 16 heavy (non-hydrogen) atoms. The summed E-state index contributed by atoms with van der Waals surface area (Å²) in [6.45, 7) is 3.50. The molecule has 1 aromatic carbocycles. The van der Waals surface area contributed by atoms with Crippen molar-refractivity contribution in [2.75, 3.05) is 0 Å². The van der Waals surface area contributed by atoms with Crippen molar-refractivity contribution in [3.8, 4) is 0 Å². The van der Waals surface area contributed by atoms with Gasteiger partial charge in [0.2, 0.25) is 5.70 Å². The molecule has 0 unspecified atom stereocenters. The number of nitrogens with one attached hydrogen (secondary N) is 1. The van der Waals surface area contributed by atoms with Crippen molar-refractivity contribution in [2.45, 2.75) is 13.8 Å². The summed E-state index contributed by atoms with van der Waals surface area (Å²) in [4.78, 5) is 13.3. The average molecular weight is 216 g/mol. The molecule has 0 bridgehead atoms.